The van der Waals surface area contributed by atoms with Crippen LogP contribution >= 0.6 is 0 Å². The minimum absolute atomic E-state index is 0.208. The fraction of sp³-hybridized carbons (Fsp3) is 0.182. The van der Waals surface area contributed by atoms with Crippen molar-refractivity contribution in [1.82, 2.24) is 4.90 Å². The molecular weight excluding hydrogens is 359 g/mol. The van der Waals surface area contributed by atoms with Gasteiger partial charge in [0.25, 0.3) is 0 Å². The van der Waals surface area contributed by atoms with E-state index < -0.39 is 5.63 Å². The van der Waals surface area contributed by atoms with E-state index in [1.807, 2.05) is 4.90 Å². The van der Waals surface area contributed by atoms with Crippen molar-refractivity contribution >= 4 is 22.6 Å². The van der Waals surface area contributed by atoms with Crippen LogP contribution in [0.5, 0.6) is 0 Å². The highest BCUT2D eigenvalue weighted by Gasteiger charge is 2.13. The molecule has 0 fully saturated rings. The lowest BCUT2D eigenvalue weighted by Crippen LogP contribution is -2.24. The Balaban J connectivity index is 1.94. The van der Waals surface area contributed by atoms with Crippen molar-refractivity contribution in [3.63, 3.8) is 0 Å². The molecule has 5 nitrogen and oxygen atoms in total. The highest BCUT2D eigenvalue weighted by Crippen LogP contribution is 2.23. The Bertz CT molecular complexity index is 1070. The van der Waals surface area contributed by atoms with Crippen molar-refractivity contribution in [2.45, 2.75) is 20.0 Å². The molecule has 144 valence electrons. The molecule has 1 N–H and O–H groups in total. The fourth-order valence-corrected chi connectivity index (χ4v) is 3.12. The summed E-state index contributed by atoms with van der Waals surface area (Å²) in [5, 5.41) is 3.43. The monoisotopic (exact) mass is 380 g/mol. The minimum Gasteiger partial charge on any atom is -0.423 e. The molecule has 1 amide bonds. The first kappa shape index (κ1) is 19.5. The second-order valence-electron chi connectivity index (χ2n) is 6.53. The van der Waals surface area contributed by atoms with Crippen molar-refractivity contribution in [2.24, 2.45) is 0 Å². The van der Waals surface area contributed by atoms with E-state index in [1.165, 1.54) is 19.1 Å². The summed E-state index contributed by atoms with van der Waals surface area (Å²) in [5.41, 5.74) is 1.79. The summed E-state index contributed by atoms with van der Waals surface area (Å²) in [6.45, 7) is 6.50. The molecule has 0 radical (unpaired) electrons. The summed E-state index contributed by atoms with van der Waals surface area (Å²) in [7, 11) is 0. The Morgan fingerprint density at radius 2 is 1.93 bits per heavy atom. The topological polar surface area (TPSA) is 62.6 Å². The number of hydrogen-bond donors (Lipinski definition) is 1. The van der Waals surface area contributed by atoms with Crippen LogP contribution in [0.3, 0.4) is 0 Å². The fourth-order valence-electron chi connectivity index (χ4n) is 3.12. The van der Waals surface area contributed by atoms with Gasteiger partial charge in [-0.15, -0.1) is 6.58 Å². The second kappa shape index (κ2) is 8.63. The van der Waals surface area contributed by atoms with Gasteiger partial charge in [-0.25, -0.2) is 9.18 Å². The quantitative estimate of drug-likeness (QED) is 0.496. The Kier molecular flexibility index (Phi) is 6.01. The summed E-state index contributed by atoms with van der Waals surface area (Å²) in [5.74, 6) is -0.478. The summed E-state index contributed by atoms with van der Waals surface area (Å²) >= 11 is 0. The van der Waals surface area contributed by atoms with E-state index in [-0.39, 0.29) is 11.7 Å². The maximum atomic E-state index is 14.0. The van der Waals surface area contributed by atoms with E-state index in [2.05, 4.69) is 11.9 Å². The number of rotatable bonds is 7. The van der Waals surface area contributed by atoms with E-state index in [1.54, 1.807) is 42.5 Å². The summed E-state index contributed by atoms with van der Waals surface area (Å²) in [4.78, 5) is 25.3. The largest absolute Gasteiger partial charge is 0.423 e. The average molecular weight is 380 g/mol. The number of fused-ring (bicyclic) bond motifs is 1. The zero-order valence-electron chi connectivity index (χ0n) is 15.6. The number of nitrogens with zero attached hydrogens (tertiary/aromatic N) is 1. The molecule has 0 saturated carbocycles. The van der Waals surface area contributed by atoms with Gasteiger partial charge in [0.15, 0.2) is 0 Å². The third-order valence-electron chi connectivity index (χ3n) is 4.28. The standard InChI is InChI=1S/C22H21FN2O3/c1-3-10-25(13-16-6-4-5-7-20(16)23)14-17-11-22(27)28-21-12-18(24-15(2)26)8-9-19(17)21/h3-9,11-12H,1,10,13-14H2,2H3,(H,24,26). The molecule has 0 aliphatic heterocycles. The lowest BCUT2D eigenvalue weighted by atomic mass is 10.1. The number of carbonyl (C=O) groups excluding carboxylic acids is 1. The zero-order valence-corrected chi connectivity index (χ0v) is 15.6. The van der Waals surface area contributed by atoms with Crippen LogP contribution in [0.1, 0.15) is 18.1 Å². The van der Waals surface area contributed by atoms with E-state index in [0.29, 0.717) is 36.5 Å². The normalized spacial score (nSPS) is 11.0. The first-order chi connectivity index (χ1) is 13.5. The molecule has 0 bridgehead atoms. The van der Waals surface area contributed by atoms with Crippen LogP contribution in [-0.4, -0.2) is 17.4 Å². The van der Waals surface area contributed by atoms with Crippen LogP contribution in [0.2, 0.25) is 0 Å². The maximum Gasteiger partial charge on any atom is 0.336 e. The number of amides is 1. The summed E-state index contributed by atoms with van der Waals surface area (Å²) in [6.07, 6.45) is 1.74. The van der Waals surface area contributed by atoms with Crippen molar-refractivity contribution in [1.29, 1.82) is 0 Å². The van der Waals surface area contributed by atoms with Gasteiger partial charge in [0.2, 0.25) is 5.91 Å². The SMILES string of the molecule is C=CCN(Cc1ccccc1F)Cc1cc(=O)oc2cc(NC(C)=O)ccc12. The lowest BCUT2D eigenvalue weighted by molar-refractivity contribution is -0.114. The van der Waals surface area contributed by atoms with Crippen LogP contribution in [-0.2, 0) is 17.9 Å². The van der Waals surface area contributed by atoms with Crippen molar-refractivity contribution in [2.75, 3.05) is 11.9 Å². The molecule has 0 aliphatic carbocycles. The van der Waals surface area contributed by atoms with Gasteiger partial charge in [0.05, 0.1) is 0 Å². The highest BCUT2D eigenvalue weighted by atomic mass is 19.1. The number of halogens is 1. The Hall–Kier alpha value is -3.25. The molecule has 0 spiro atoms. The lowest BCUT2D eigenvalue weighted by Gasteiger charge is -2.22. The average Bonchev–Trinajstić information content (AvgIpc) is 2.63. The Morgan fingerprint density at radius 3 is 2.64 bits per heavy atom. The van der Waals surface area contributed by atoms with Gasteiger partial charge < -0.3 is 9.73 Å². The van der Waals surface area contributed by atoms with Crippen LogP contribution in [0.4, 0.5) is 10.1 Å². The first-order valence-corrected chi connectivity index (χ1v) is 8.87. The molecule has 28 heavy (non-hydrogen) atoms. The van der Waals surface area contributed by atoms with Crippen LogP contribution in [0.15, 0.2) is 70.4 Å². The van der Waals surface area contributed by atoms with Crippen molar-refractivity contribution in [3.05, 3.63) is 88.6 Å². The number of anilines is 1. The Labute approximate surface area is 162 Å². The van der Waals surface area contributed by atoms with Crippen LogP contribution in [0.25, 0.3) is 11.0 Å². The number of benzene rings is 2. The highest BCUT2D eigenvalue weighted by molar-refractivity contribution is 5.92. The van der Waals surface area contributed by atoms with Gasteiger partial charge in [-0.3, -0.25) is 9.69 Å². The molecule has 0 aliphatic rings. The molecule has 0 unspecified atom stereocenters. The van der Waals surface area contributed by atoms with Gasteiger partial charge in [-0.1, -0.05) is 24.3 Å². The van der Waals surface area contributed by atoms with Gasteiger partial charge in [0, 0.05) is 55.3 Å². The van der Waals surface area contributed by atoms with Gasteiger partial charge in [-0.2, -0.15) is 0 Å². The molecule has 2 aromatic carbocycles. The maximum absolute atomic E-state index is 14.0. The molecule has 0 saturated heterocycles. The van der Waals surface area contributed by atoms with E-state index in [9.17, 15) is 14.0 Å². The third-order valence-corrected chi connectivity index (χ3v) is 4.28. The molecule has 1 aromatic heterocycles. The van der Waals surface area contributed by atoms with Crippen molar-refractivity contribution in [3.8, 4) is 0 Å². The third kappa shape index (κ3) is 4.72. The molecule has 1 heterocycles. The van der Waals surface area contributed by atoms with E-state index >= 15 is 0 Å². The Morgan fingerprint density at radius 1 is 1.18 bits per heavy atom. The van der Waals surface area contributed by atoms with Crippen LogP contribution in [0, 0.1) is 5.82 Å². The molecule has 3 rings (SSSR count). The van der Waals surface area contributed by atoms with Gasteiger partial charge >= 0.3 is 5.63 Å². The molecular formula is C22H21FN2O3. The van der Waals surface area contributed by atoms with E-state index in [4.69, 9.17) is 4.42 Å². The van der Waals surface area contributed by atoms with Crippen LogP contribution < -0.4 is 10.9 Å². The summed E-state index contributed by atoms with van der Waals surface area (Å²) in [6, 6.07) is 13.2. The molecule has 6 heteroatoms. The predicted octanol–water partition coefficient (Wildman–Crippen LogP) is 4.08. The predicted molar refractivity (Wildman–Crippen MR) is 107 cm³/mol. The summed E-state index contributed by atoms with van der Waals surface area (Å²) < 4.78 is 19.3. The number of hydrogen-bond acceptors (Lipinski definition) is 4. The molecule has 3 aromatic rings. The van der Waals surface area contributed by atoms with E-state index in [0.717, 1.165) is 10.9 Å². The number of nitrogens with one attached hydrogen (secondary N) is 1. The zero-order chi connectivity index (χ0) is 20.1. The first-order valence-electron chi connectivity index (χ1n) is 8.87. The second-order valence-corrected chi connectivity index (χ2v) is 6.53. The number of carbonyl (C=O) groups is 1. The van der Waals surface area contributed by atoms with Gasteiger partial charge in [0.1, 0.15) is 11.4 Å². The van der Waals surface area contributed by atoms with Gasteiger partial charge in [-0.05, 0) is 23.8 Å². The minimum atomic E-state index is -0.480. The molecule has 0 atom stereocenters. The van der Waals surface area contributed by atoms with Crippen molar-refractivity contribution < 1.29 is 13.6 Å². The smallest absolute Gasteiger partial charge is 0.336 e.